The zero-order chi connectivity index (χ0) is 14.5. The van der Waals surface area contributed by atoms with Gasteiger partial charge in [0.25, 0.3) is 5.91 Å². The average molecular weight is 290 g/mol. The van der Waals surface area contributed by atoms with Crippen molar-refractivity contribution in [2.75, 3.05) is 23.3 Å². The van der Waals surface area contributed by atoms with Gasteiger partial charge < -0.3 is 4.90 Å². The maximum atomic E-state index is 12.1. The van der Waals surface area contributed by atoms with E-state index in [0.717, 1.165) is 23.8 Å². The summed E-state index contributed by atoms with van der Waals surface area (Å²) in [5.74, 6) is -0.160. The number of amides is 1. The molecule has 0 bridgehead atoms. The largest absolute Gasteiger partial charge is 0.372 e. The summed E-state index contributed by atoms with van der Waals surface area (Å²) < 4.78 is 0. The zero-order valence-electron chi connectivity index (χ0n) is 11.9. The van der Waals surface area contributed by atoms with Crippen molar-refractivity contribution < 1.29 is 4.79 Å². The predicted molar refractivity (Wildman–Crippen MR) is 82.6 cm³/mol. The van der Waals surface area contributed by atoms with Crippen molar-refractivity contribution in [1.82, 2.24) is 10.2 Å². The average Bonchev–Trinajstić information content (AvgIpc) is 2.86. The van der Waals surface area contributed by atoms with Gasteiger partial charge in [-0.1, -0.05) is 11.3 Å². The summed E-state index contributed by atoms with van der Waals surface area (Å²) in [4.78, 5) is 14.3. The van der Waals surface area contributed by atoms with Crippen LogP contribution in [0.3, 0.4) is 0 Å². The molecule has 0 radical (unpaired) electrons. The molecule has 0 unspecified atom stereocenters. The van der Waals surface area contributed by atoms with E-state index in [-0.39, 0.29) is 5.91 Å². The van der Waals surface area contributed by atoms with Crippen LogP contribution in [0.15, 0.2) is 24.3 Å². The van der Waals surface area contributed by atoms with Gasteiger partial charge in [0, 0.05) is 24.3 Å². The molecular weight excluding hydrogens is 272 g/mol. The van der Waals surface area contributed by atoms with Crippen LogP contribution < -0.4 is 10.2 Å². The maximum absolute atomic E-state index is 12.1. The molecule has 0 saturated heterocycles. The van der Waals surface area contributed by atoms with Crippen LogP contribution in [-0.2, 0) is 0 Å². The second-order valence-corrected chi connectivity index (χ2v) is 5.48. The van der Waals surface area contributed by atoms with Crippen molar-refractivity contribution >= 4 is 28.1 Å². The van der Waals surface area contributed by atoms with Gasteiger partial charge in [0.1, 0.15) is 5.01 Å². The predicted octanol–water partition coefficient (Wildman–Crippen LogP) is 2.95. The number of rotatable bonds is 5. The molecule has 0 aliphatic heterocycles. The molecule has 6 heteroatoms. The van der Waals surface area contributed by atoms with E-state index in [9.17, 15) is 4.79 Å². The van der Waals surface area contributed by atoms with Crippen molar-refractivity contribution in [3.63, 3.8) is 0 Å². The Bertz CT molecular complexity index is 575. The molecule has 20 heavy (non-hydrogen) atoms. The molecular formula is C14H18N4OS. The van der Waals surface area contributed by atoms with E-state index < -0.39 is 0 Å². The van der Waals surface area contributed by atoms with E-state index >= 15 is 0 Å². The lowest BCUT2D eigenvalue weighted by atomic mass is 10.2. The molecule has 1 amide bonds. The summed E-state index contributed by atoms with van der Waals surface area (Å²) in [5, 5.41) is 11.9. The van der Waals surface area contributed by atoms with E-state index in [1.165, 1.54) is 11.3 Å². The minimum absolute atomic E-state index is 0.160. The number of aromatic nitrogens is 2. The third-order valence-corrected chi connectivity index (χ3v) is 3.76. The quantitative estimate of drug-likeness (QED) is 0.920. The first-order chi connectivity index (χ1) is 9.63. The lowest BCUT2D eigenvalue weighted by Crippen LogP contribution is -2.21. The van der Waals surface area contributed by atoms with Gasteiger partial charge in [0.15, 0.2) is 0 Å². The molecule has 106 valence electrons. The first-order valence-electron chi connectivity index (χ1n) is 6.60. The Morgan fingerprint density at radius 2 is 1.85 bits per heavy atom. The molecule has 0 aliphatic rings. The van der Waals surface area contributed by atoms with Crippen LogP contribution in [0.4, 0.5) is 10.8 Å². The molecule has 2 aromatic rings. The molecule has 1 heterocycles. The number of aryl methyl sites for hydroxylation is 1. The van der Waals surface area contributed by atoms with Gasteiger partial charge in [-0.05, 0) is 45.0 Å². The van der Waals surface area contributed by atoms with Crippen molar-refractivity contribution in [1.29, 1.82) is 0 Å². The number of nitrogens with one attached hydrogen (secondary N) is 1. The molecule has 5 nitrogen and oxygen atoms in total. The third kappa shape index (κ3) is 3.33. The second kappa shape index (κ2) is 6.47. The molecule has 0 aliphatic carbocycles. The fourth-order valence-corrected chi connectivity index (χ4v) is 2.52. The summed E-state index contributed by atoms with van der Waals surface area (Å²) >= 11 is 1.36. The Kier molecular flexibility index (Phi) is 4.68. The summed E-state index contributed by atoms with van der Waals surface area (Å²) in [7, 11) is 0. The van der Waals surface area contributed by atoms with Crippen molar-refractivity contribution in [3.8, 4) is 0 Å². The summed E-state index contributed by atoms with van der Waals surface area (Å²) in [6.45, 7) is 7.98. The number of carbonyl (C=O) groups is 1. The van der Waals surface area contributed by atoms with Gasteiger partial charge in [-0.3, -0.25) is 10.1 Å². The molecule has 0 atom stereocenters. The molecule has 2 rings (SSSR count). The Balaban J connectivity index is 2.07. The number of hydrogen-bond donors (Lipinski definition) is 1. The highest BCUT2D eigenvalue weighted by Crippen LogP contribution is 2.17. The van der Waals surface area contributed by atoms with Crippen molar-refractivity contribution in [3.05, 3.63) is 34.8 Å². The van der Waals surface area contributed by atoms with Crippen LogP contribution in [0, 0.1) is 6.92 Å². The first kappa shape index (κ1) is 14.5. The van der Waals surface area contributed by atoms with E-state index in [2.05, 4.69) is 34.3 Å². The van der Waals surface area contributed by atoms with Gasteiger partial charge in [0.2, 0.25) is 5.13 Å². The van der Waals surface area contributed by atoms with Crippen LogP contribution in [0.1, 0.15) is 29.2 Å². The smallest absolute Gasteiger partial charge is 0.257 e. The molecule has 1 aromatic heterocycles. The van der Waals surface area contributed by atoms with Gasteiger partial charge in [-0.15, -0.1) is 10.2 Å². The zero-order valence-corrected chi connectivity index (χ0v) is 12.7. The normalized spacial score (nSPS) is 10.3. The van der Waals surface area contributed by atoms with Crippen LogP contribution in [0.2, 0.25) is 0 Å². The second-order valence-electron chi connectivity index (χ2n) is 4.30. The van der Waals surface area contributed by atoms with Crippen molar-refractivity contribution in [2.45, 2.75) is 20.8 Å². The van der Waals surface area contributed by atoms with Crippen molar-refractivity contribution in [2.24, 2.45) is 0 Å². The Morgan fingerprint density at radius 1 is 1.20 bits per heavy atom. The van der Waals surface area contributed by atoms with Gasteiger partial charge in [-0.25, -0.2) is 0 Å². The Hall–Kier alpha value is -1.95. The summed E-state index contributed by atoms with van der Waals surface area (Å²) in [6.07, 6.45) is 0. The number of benzene rings is 1. The molecule has 0 spiro atoms. The molecule has 0 saturated carbocycles. The fourth-order valence-electron chi connectivity index (χ4n) is 1.93. The van der Waals surface area contributed by atoms with Gasteiger partial charge in [0.05, 0.1) is 0 Å². The number of hydrogen-bond acceptors (Lipinski definition) is 5. The monoisotopic (exact) mass is 290 g/mol. The summed E-state index contributed by atoms with van der Waals surface area (Å²) in [6, 6.07) is 7.59. The minimum Gasteiger partial charge on any atom is -0.372 e. The van der Waals surface area contributed by atoms with Crippen LogP contribution in [0.5, 0.6) is 0 Å². The Labute approximate surface area is 122 Å². The van der Waals surface area contributed by atoms with Crippen LogP contribution in [0.25, 0.3) is 0 Å². The number of carbonyl (C=O) groups excluding carboxylic acids is 1. The topological polar surface area (TPSA) is 58.1 Å². The third-order valence-electron chi connectivity index (χ3n) is 3.00. The lowest BCUT2D eigenvalue weighted by Gasteiger charge is -2.20. The summed E-state index contributed by atoms with van der Waals surface area (Å²) in [5.41, 5.74) is 1.74. The van der Waals surface area contributed by atoms with E-state index in [4.69, 9.17) is 0 Å². The highest BCUT2D eigenvalue weighted by atomic mass is 32.1. The van der Waals surface area contributed by atoms with E-state index in [1.54, 1.807) is 0 Å². The molecule has 1 N–H and O–H groups in total. The van der Waals surface area contributed by atoms with Gasteiger partial charge >= 0.3 is 0 Å². The maximum Gasteiger partial charge on any atom is 0.257 e. The van der Waals surface area contributed by atoms with Gasteiger partial charge in [-0.2, -0.15) is 0 Å². The molecule has 0 fully saturated rings. The highest BCUT2D eigenvalue weighted by Gasteiger charge is 2.09. The standard InChI is InChI=1S/C14H18N4OS/c1-4-18(5-2)12-8-6-11(7-9-12)13(19)15-14-17-16-10(3)20-14/h6-9H,4-5H2,1-3H3,(H,15,17,19). The van der Waals surface area contributed by atoms with Crippen LogP contribution in [-0.4, -0.2) is 29.2 Å². The van der Waals surface area contributed by atoms with E-state index in [1.807, 2.05) is 31.2 Å². The highest BCUT2D eigenvalue weighted by molar-refractivity contribution is 7.15. The number of anilines is 2. The first-order valence-corrected chi connectivity index (χ1v) is 7.42. The number of nitrogens with zero attached hydrogens (tertiary/aromatic N) is 3. The van der Waals surface area contributed by atoms with Crippen LogP contribution >= 0.6 is 11.3 Å². The lowest BCUT2D eigenvalue weighted by molar-refractivity contribution is 0.102. The Morgan fingerprint density at radius 3 is 2.35 bits per heavy atom. The SMILES string of the molecule is CCN(CC)c1ccc(C(=O)Nc2nnc(C)s2)cc1. The minimum atomic E-state index is -0.160. The molecule has 1 aromatic carbocycles. The van der Waals surface area contributed by atoms with E-state index in [0.29, 0.717) is 10.7 Å². The fraction of sp³-hybridized carbons (Fsp3) is 0.357.